The zero-order valence-electron chi connectivity index (χ0n) is 23.6. The van der Waals surface area contributed by atoms with Crippen LogP contribution in [0.1, 0.15) is 59.2 Å². The minimum absolute atomic E-state index is 0.00419. The normalized spacial score (nSPS) is 23.1. The number of carboxylic acid groups (broad SMARTS) is 2. The number of rotatable bonds is 11. The van der Waals surface area contributed by atoms with E-state index < -0.39 is 29.2 Å². The van der Waals surface area contributed by atoms with Gasteiger partial charge in [0.1, 0.15) is 0 Å². The molecule has 3 aliphatic heterocycles. The third-order valence-electron chi connectivity index (χ3n) is 8.82. The van der Waals surface area contributed by atoms with Gasteiger partial charge in [-0.05, 0) is 31.0 Å². The highest BCUT2D eigenvalue weighted by Crippen LogP contribution is 2.42. The van der Waals surface area contributed by atoms with E-state index in [0.29, 0.717) is 51.4 Å². The van der Waals surface area contributed by atoms with Crippen molar-refractivity contribution in [1.82, 2.24) is 20.9 Å². The van der Waals surface area contributed by atoms with Crippen LogP contribution in [-0.4, -0.2) is 92.7 Å². The van der Waals surface area contributed by atoms with Gasteiger partial charge in [0.05, 0.1) is 17.8 Å². The second kappa shape index (κ2) is 11.6. The van der Waals surface area contributed by atoms with Gasteiger partial charge in [0, 0.05) is 71.0 Å². The molecule has 3 heterocycles. The fourth-order valence-electron chi connectivity index (χ4n) is 6.39. The van der Waals surface area contributed by atoms with Gasteiger partial charge < -0.3 is 26.2 Å². The molecule has 1 aliphatic carbocycles. The molecule has 2 saturated heterocycles. The molecule has 0 aromatic heterocycles. The number of benzene rings is 2. The molecule has 3 atom stereocenters. The maximum absolute atomic E-state index is 13.4. The van der Waals surface area contributed by atoms with Crippen LogP contribution in [0.15, 0.2) is 35.3 Å². The van der Waals surface area contributed by atoms with Crippen molar-refractivity contribution < 1.29 is 39.0 Å². The Kier molecular flexibility index (Phi) is 7.78. The molecule has 5 N–H and O–H groups in total. The number of hydrogen-bond acceptors (Lipinski definition) is 8. The van der Waals surface area contributed by atoms with Gasteiger partial charge in [-0.2, -0.15) is 11.8 Å². The van der Waals surface area contributed by atoms with Crippen molar-refractivity contribution in [3.8, 4) is 0 Å². The van der Waals surface area contributed by atoms with E-state index in [1.165, 1.54) is 0 Å². The minimum atomic E-state index is -1.89. The Morgan fingerprint density at radius 1 is 1.00 bits per heavy atom. The fourth-order valence-corrected chi connectivity index (χ4v) is 7.93. The van der Waals surface area contributed by atoms with Gasteiger partial charge in [-0.15, -0.1) is 0 Å². The van der Waals surface area contributed by atoms with Crippen LogP contribution in [0.3, 0.4) is 0 Å². The standard InChI is InChI=1S/C30H31N5O8S/c36-22(7-2-1-6-21-24-20(14-44-21)33-29(43)34-24)31-10-11-35-25(37)17-5-3-4-16-19(9-8-18(23(16)17)26(35)38)32-15-12-30(13-15,27(39)40)28(41)42/h3-5,8-9,20-21,24H,1-2,6-7,10-14H2,(H,31,36)(H,39,40)(H,41,42)(H2,33,34,43)/t20-,21-,24-/m0/s1. The molecule has 44 heavy (non-hydrogen) atoms. The summed E-state index contributed by atoms with van der Waals surface area (Å²) in [7, 11) is 0. The van der Waals surface area contributed by atoms with E-state index in [-0.39, 0.29) is 50.0 Å². The average Bonchev–Trinajstić information content (AvgIpc) is 3.52. The molecule has 14 heteroatoms. The molecule has 5 amide bonds. The number of hydrogen-bond donors (Lipinski definition) is 5. The fraction of sp³-hybridized carbons (Fsp3) is 0.433. The molecular formula is C30H31N5O8S. The third kappa shape index (κ3) is 5.16. The molecule has 0 bridgehead atoms. The number of unbranched alkanes of at least 4 members (excludes halogenated alkanes) is 1. The summed E-state index contributed by atoms with van der Waals surface area (Å²) in [5.41, 5.74) is -0.441. The van der Waals surface area contributed by atoms with Crippen molar-refractivity contribution in [3.63, 3.8) is 0 Å². The van der Waals surface area contributed by atoms with E-state index >= 15 is 0 Å². The molecule has 1 saturated carbocycles. The maximum Gasteiger partial charge on any atom is 0.321 e. The Bertz CT molecular complexity index is 1590. The van der Waals surface area contributed by atoms with Gasteiger partial charge in [0.2, 0.25) is 5.91 Å². The number of carbonyl (C=O) groups excluding carboxylic acids is 4. The van der Waals surface area contributed by atoms with Gasteiger partial charge in [-0.3, -0.25) is 33.9 Å². The average molecular weight is 622 g/mol. The van der Waals surface area contributed by atoms with Crippen LogP contribution >= 0.6 is 11.8 Å². The molecule has 230 valence electrons. The second-order valence-corrected chi connectivity index (χ2v) is 12.8. The highest BCUT2D eigenvalue weighted by molar-refractivity contribution is 8.00. The first-order chi connectivity index (χ1) is 21.1. The Morgan fingerprint density at radius 2 is 1.73 bits per heavy atom. The van der Waals surface area contributed by atoms with Crippen LogP contribution < -0.4 is 16.0 Å². The van der Waals surface area contributed by atoms with Crippen molar-refractivity contribution in [1.29, 1.82) is 0 Å². The van der Waals surface area contributed by atoms with E-state index in [9.17, 15) is 39.0 Å². The number of aliphatic carboxylic acids is 2. The summed E-state index contributed by atoms with van der Waals surface area (Å²) in [4.78, 5) is 79.3. The molecule has 0 spiro atoms. The highest BCUT2D eigenvalue weighted by Gasteiger charge is 2.55. The molecule has 2 aromatic carbocycles. The summed E-state index contributed by atoms with van der Waals surface area (Å²) in [6, 6.07) is 8.35. The zero-order valence-corrected chi connectivity index (χ0v) is 24.4. The monoisotopic (exact) mass is 621 g/mol. The van der Waals surface area contributed by atoms with E-state index in [2.05, 4.69) is 20.9 Å². The topological polar surface area (TPSA) is 195 Å². The Morgan fingerprint density at radius 3 is 2.45 bits per heavy atom. The molecule has 13 nitrogen and oxygen atoms in total. The van der Waals surface area contributed by atoms with Crippen molar-refractivity contribution >= 4 is 69.6 Å². The number of nitrogens with one attached hydrogen (secondary N) is 3. The third-order valence-corrected chi connectivity index (χ3v) is 10.3. The largest absolute Gasteiger partial charge is 0.480 e. The van der Waals surface area contributed by atoms with Crippen LogP contribution in [-0.2, 0) is 14.4 Å². The lowest BCUT2D eigenvalue weighted by atomic mass is 9.67. The molecule has 0 radical (unpaired) electrons. The van der Waals surface area contributed by atoms with Crippen molar-refractivity contribution in [2.75, 3.05) is 18.8 Å². The quantitative estimate of drug-likeness (QED) is 0.108. The summed E-state index contributed by atoms with van der Waals surface area (Å²) < 4.78 is 0. The molecule has 0 unspecified atom stereocenters. The van der Waals surface area contributed by atoms with Crippen molar-refractivity contribution in [2.45, 2.75) is 55.9 Å². The van der Waals surface area contributed by atoms with Crippen LogP contribution in [0.25, 0.3) is 10.8 Å². The SMILES string of the molecule is O=C(CCCC[C@@H]1SC[C@@H]2NC(=O)N[C@@H]21)NCCN1C(=O)c2cccc3c(N=C4CC(C(=O)O)(C(=O)O)C4)ccc(c23)C1=O. The molecule has 3 fully saturated rings. The minimum Gasteiger partial charge on any atom is -0.480 e. The highest BCUT2D eigenvalue weighted by atomic mass is 32.2. The molecule has 4 aliphatic rings. The van der Waals surface area contributed by atoms with Crippen molar-refractivity contribution in [2.24, 2.45) is 10.4 Å². The van der Waals surface area contributed by atoms with Gasteiger partial charge in [0.15, 0.2) is 5.41 Å². The van der Waals surface area contributed by atoms with Crippen LogP contribution in [0.2, 0.25) is 0 Å². The lowest BCUT2D eigenvalue weighted by molar-refractivity contribution is -0.165. The van der Waals surface area contributed by atoms with Gasteiger partial charge in [0.25, 0.3) is 11.8 Å². The number of imide groups is 1. The summed E-state index contributed by atoms with van der Waals surface area (Å²) in [6.45, 7) is 0.117. The lowest BCUT2D eigenvalue weighted by Gasteiger charge is -2.34. The number of carboxylic acids is 2. The molecule has 2 aromatic rings. The Labute approximate surface area is 255 Å². The molecular weight excluding hydrogens is 590 g/mol. The zero-order chi connectivity index (χ0) is 31.2. The smallest absolute Gasteiger partial charge is 0.321 e. The number of nitrogens with zero attached hydrogens (tertiary/aromatic N) is 2. The van der Waals surface area contributed by atoms with Crippen LogP contribution in [0.5, 0.6) is 0 Å². The second-order valence-electron chi connectivity index (χ2n) is 11.6. The number of fused-ring (bicyclic) bond motifs is 1. The predicted molar refractivity (Wildman–Crippen MR) is 160 cm³/mol. The van der Waals surface area contributed by atoms with Crippen LogP contribution in [0.4, 0.5) is 10.5 Å². The number of thioether (sulfide) groups is 1. The van der Waals surface area contributed by atoms with E-state index in [4.69, 9.17) is 0 Å². The maximum atomic E-state index is 13.4. The summed E-state index contributed by atoms with van der Waals surface area (Å²) >= 11 is 1.83. The first-order valence-corrected chi connectivity index (χ1v) is 15.5. The van der Waals surface area contributed by atoms with E-state index in [1.54, 1.807) is 30.3 Å². The molecule has 6 rings (SSSR count). The summed E-state index contributed by atoms with van der Waals surface area (Å²) in [6.07, 6.45) is 2.32. The summed E-state index contributed by atoms with van der Waals surface area (Å²) in [5.74, 6) is -3.08. The number of carbonyl (C=O) groups is 6. The van der Waals surface area contributed by atoms with Gasteiger partial charge in [-0.1, -0.05) is 18.6 Å². The summed E-state index contributed by atoms with van der Waals surface area (Å²) in [5, 5.41) is 28.7. The predicted octanol–water partition coefficient (Wildman–Crippen LogP) is 2.30. The Hall–Kier alpha value is -4.46. The van der Waals surface area contributed by atoms with E-state index in [0.717, 1.165) is 23.5 Å². The van der Waals surface area contributed by atoms with Gasteiger partial charge >= 0.3 is 18.0 Å². The first kappa shape index (κ1) is 29.6. The van der Waals surface area contributed by atoms with Crippen molar-refractivity contribution in [3.05, 3.63) is 41.5 Å². The number of amides is 5. The first-order valence-electron chi connectivity index (χ1n) is 14.5. The van der Waals surface area contributed by atoms with Crippen LogP contribution in [0, 0.1) is 5.41 Å². The number of aliphatic imine (C=N–C) groups is 1. The van der Waals surface area contributed by atoms with E-state index in [1.807, 2.05) is 11.8 Å². The van der Waals surface area contributed by atoms with Gasteiger partial charge in [-0.25, -0.2) is 4.79 Å². The Balaban J connectivity index is 1.04. The lowest BCUT2D eigenvalue weighted by Crippen LogP contribution is -2.50. The number of urea groups is 1.